The van der Waals surface area contributed by atoms with Gasteiger partial charge in [-0.3, -0.25) is 9.59 Å². The maximum Gasteiger partial charge on any atom is 0.311 e. The Morgan fingerprint density at radius 2 is 2.00 bits per heavy atom. The van der Waals surface area contributed by atoms with Gasteiger partial charge >= 0.3 is 5.97 Å². The lowest BCUT2D eigenvalue weighted by atomic mass is 9.74. The van der Waals surface area contributed by atoms with Crippen LogP contribution in [0.3, 0.4) is 0 Å². The number of nitrogens with one attached hydrogen (secondary N) is 1. The highest BCUT2D eigenvalue weighted by atomic mass is 79.9. The summed E-state index contributed by atoms with van der Waals surface area (Å²) < 4.78 is 0.579. The highest BCUT2D eigenvalue weighted by Crippen LogP contribution is 2.36. The van der Waals surface area contributed by atoms with Gasteiger partial charge in [0.05, 0.1) is 5.41 Å². The first-order chi connectivity index (χ1) is 9.53. The lowest BCUT2D eigenvalue weighted by Crippen LogP contribution is -2.44. The SMILES string of the molecule is O=C(NCC1(C(=O)O)CCCCC1)c1cccc(Br)n1. The van der Waals surface area contributed by atoms with Gasteiger partial charge in [0.2, 0.25) is 0 Å². The van der Waals surface area contributed by atoms with Crippen molar-refractivity contribution in [2.45, 2.75) is 32.1 Å². The van der Waals surface area contributed by atoms with Gasteiger partial charge in [0.1, 0.15) is 10.3 Å². The summed E-state index contributed by atoms with van der Waals surface area (Å²) >= 11 is 3.21. The Labute approximate surface area is 125 Å². The molecular weight excluding hydrogens is 324 g/mol. The number of pyridine rings is 1. The lowest BCUT2D eigenvalue weighted by Gasteiger charge is -2.33. The van der Waals surface area contributed by atoms with E-state index in [4.69, 9.17) is 0 Å². The molecule has 5 nitrogen and oxygen atoms in total. The molecule has 1 amide bonds. The first kappa shape index (κ1) is 15.0. The third-order valence-corrected chi connectivity index (χ3v) is 4.24. The summed E-state index contributed by atoms with van der Waals surface area (Å²) in [7, 11) is 0. The molecule has 0 radical (unpaired) electrons. The van der Waals surface area contributed by atoms with Gasteiger partial charge in [-0.15, -0.1) is 0 Å². The number of nitrogens with zero attached hydrogens (tertiary/aromatic N) is 1. The summed E-state index contributed by atoms with van der Waals surface area (Å²) in [6, 6.07) is 5.06. The number of carbonyl (C=O) groups excluding carboxylic acids is 1. The van der Waals surface area contributed by atoms with Crippen molar-refractivity contribution in [3.63, 3.8) is 0 Å². The van der Waals surface area contributed by atoms with Crippen LogP contribution in [0, 0.1) is 5.41 Å². The van der Waals surface area contributed by atoms with E-state index in [9.17, 15) is 14.7 Å². The average molecular weight is 341 g/mol. The third kappa shape index (κ3) is 3.36. The lowest BCUT2D eigenvalue weighted by molar-refractivity contribution is -0.150. The molecule has 1 fully saturated rings. The number of aromatic nitrogens is 1. The summed E-state index contributed by atoms with van der Waals surface area (Å²) in [6.45, 7) is 0.162. The van der Waals surface area contributed by atoms with Crippen molar-refractivity contribution in [3.05, 3.63) is 28.5 Å². The Morgan fingerprint density at radius 1 is 1.30 bits per heavy atom. The van der Waals surface area contributed by atoms with Gasteiger partial charge in [-0.05, 0) is 40.9 Å². The minimum atomic E-state index is -0.820. The topological polar surface area (TPSA) is 79.3 Å². The van der Waals surface area contributed by atoms with Crippen LogP contribution in [-0.2, 0) is 4.79 Å². The number of halogens is 1. The van der Waals surface area contributed by atoms with Crippen LogP contribution in [0.25, 0.3) is 0 Å². The number of amides is 1. The van der Waals surface area contributed by atoms with Gasteiger partial charge in [0.25, 0.3) is 5.91 Å². The van der Waals surface area contributed by atoms with Crippen molar-refractivity contribution < 1.29 is 14.7 Å². The zero-order valence-electron chi connectivity index (χ0n) is 11.1. The Balaban J connectivity index is 2.02. The standard InChI is InChI=1S/C14H17BrN2O3/c15-11-6-4-5-10(17-11)12(18)16-9-14(13(19)20)7-2-1-3-8-14/h4-6H,1-3,7-9H2,(H,16,18)(H,19,20). The first-order valence-electron chi connectivity index (χ1n) is 6.68. The second-order valence-corrected chi connectivity index (χ2v) is 5.99. The van der Waals surface area contributed by atoms with Crippen molar-refractivity contribution in [2.75, 3.05) is 6.54 Å². The molecule has 1 aromatic heterocycles. The predicted molar refractivity (Wildman–Crippen MR) is 77.4 cm³/mol. The summed E-state index contributed by atoms with van der Waals surface area (Å²) in [5.41, 5.74) is -0.532. The highest BCUT2D eigenvalue weighted by molar-refractivity contribution is 9.10. The Bertz CT molecular complexity index is 513. The number of hydrogen-bond acceptors (Lipinski definition) is 3. The molecule has 108 valence electrons. The van der Waals surface area contributed by atoms with Gasteiger partial charge in [-0.25, -0.2) is 4.98 Å². The second kappa shape index (κ2) is 6.35. The molecule has 1 aromatic rings. The van der Waals surface area contributed by atoms with Gasteiger partial charge < -0.3 is 10.4 Å². The van der Waals surface area contributed by atoms with Crippen molar-refractivity contribution >= 4 is 27.8 Å². The fourth-order valence-corrected chi connectivity index (χ4v) is 2.91. The minimum absolute atomic E-state index is 0.162. The third-order valence-electron chi connectivity index (χ3n) is 3.80. The molecular formula is C14H17BrN2O3. The van der Waals surface area contributed by atoms with E-state index in [0.29, 0.717) is 17.4 Å². The van der Waals surface area contributed by atoms with E-state index in [1.165, 1.54) is 0 Å². The van der Waals surface area contributed by atoms with E-state index >= 15 is 0 Å². The van der Waals surface area contributed by atoms with Gasteiger partial charge in [0.15, 0.2) is 0 Å². The maximum atomic E-state index is 12.0. The second-order valence-electron chi connectivity index (χ2n) is 5.17. The van der Waals surface area contributed by atoms with Crippen LogP contribution >= 0.6 is 15.9 Å². The van der Waals surface area contributed by atoms with Crippen molar-refractivity contribution in [2.24, 2.45) is 5.41 Å². The molecule has 0 atom stereocenters. The van der Waals surface area contributed by atoms with Crippen LogP contribution < -0.4 is 5.32 Å². The molecule has 2 rings (SSSR count). The highest BCUT2D eigenvalue weighted by Gasteiger charge is 2.39. The number of carbonyl (C=O) groups is 2. The normalized spacial score (nSPS) is 17.4. The molecule has 20 heavy (non-hydrogen) atoms. The van der Waals surface area contributed by atoms with Gasteiger partial charge in [-0.1, -0.05) is 25.3 Å². The molecule has 0 saturated heterocycles. The van der Waals surface area contributed by atoms with E-state index < -0.39 is 11.4 Å². The number of hydrogen-bond donors (Lipinski definition) is 2. The Kier molecular flexibility index (Phi) is 4.75. The monoisotopic (exact) mass is 340 g/mol. The van der Waals surface area contributed by atoms with Crippen LogP contribution in [0.1, 0.15) is 42.6 Å². The molecule has 1 aliphatic rings. The molecule has 1 aliphatic carbocycles. The van der Waals surface area contributed by atoms with Crippen LogP contribution in [0.5, 0.6) is 0 Å². The van der Waals surface area contributed by atoms with E-state index in [1.54, 1.807) is 18.2 Å². The fraction of sp³-hybridized carbons (Fsp3) is 0.500. The van der Waals surface area contributed by atoms with Gasteiger partial charge in [-0.2, -0.15) is 0 Å². The largest absolute Gasteiger partial charge is 0.481 e. The Hall–Kier alpha value is -1.43. The van der Waals surface area contributed by atoms with E-state index in [0.717, 1.165) is 19.3 Å². The molecule has 1 heterocycles. The zero-order chi connectivity index (χ0) is 14.6. The maximum absolute atomic E-state index is 12.0. The number of carboxylic acids is 1. The molecule has 0 bridgehead atoms. The number of rotatable bonds is 4. The summed E-state index contributed by atoms with van der Waals surface area (Å²) in [5.74, 6) is -1.16. The smallest absolute Gasteiger partial charge is 0.311 e. The van der Waals surface area contributed by atoms with Crippen molar-refractivity contribution in [3.8, 4) is 0 Å². The molecule has 0 aromatic carbocycles. The van der Waals surface area contributed by atoms with Crippen LogP contribution in [0.15, 0.2) is 22.8 Å². The van der Waals surface area contributed by atoms with Crippen LogP contribution in [0.2, 0.25) is 0 Å². The molecule has 1 saturated carbocycles. The van der Waals surface area contributed by atoms with E-state index in [1.807, 2.05) is 0 Å². The summed E-state index contributed by atoms with van der Waals surface area (Å²) in [5, 5.41) is 12.2. The summed E-state index contributed by atoms with van der Waals surface area (Å²) in [6.07, 6.45) is 4.10. The van der Waals surface area contributed by atoms with E-state index in [-0.39, 0.29) is 18.1 Å². The van der Waals surface area contributed by atoms with Crippen molar-refractivity contribution in [1.29, 1.82) is 0 Å². The van der Waals surface area contributed by atoms with Crippen molar-refractivity contribution in [1.82, 2.24) is 10.3 Å². The molecule has 0 unspecified atom stereocenters. The number of carboxylic acid groups (broad SMARTS) is 1. The Morgan fingerprint density at radius 3 is 2.60 bits per heavy atom. The quantitative estimate of drug-likeness (QED) is 0.825. The van der Waals surface area contributed by atoms with Crippen LogP contribution in [0.4, 0.5) is 0 Å². The molecule has 0 spiro atoms. The minimum Gasteiger partial charge on any atom is -0.481 e. The zero-order valence-corrected chi connectivity index (χ0v) is 12.6. The summed E-state index contributed by atoms with van der Waals surface area (Å²) in [4.78, 5) is 27.6. The predicted octanol–water partition coefficient (Wildman–Crippen LogP) is 2.61. The first-order valence-corrected chi connectivity index (χ1v) is 7.47. The fourth-order valence-electron chi connectivity index (χ4n) is 2.57. The van der Waals surface area contributed by atoms with Gasteiger partial charge in [0, 0.05) is 6.54 Å². The van der Waals surface area contributed by atoms with E-state index in [2.05, 4.69) is 26.2 Å². The molecule has 2 N–H and O–H groups in total. The number of aliphatic carboxylic acids is 1. The average Bonchev–Trinajstić information content (AvgIpc) is 2.45. The molecule has 6 heteroatoms. The van der Waals surface area contributed by atoms with Crippen LogP contribution in [-0.4, -0.2) is 28.5 Å². The molecule has 0 aliphatic heterocycles.